The van der Waals surface area contributed by atoms with Crippen molar-refractivity contribution in [3.63, 3.8) is 0 Å². The normalized spacial score (nSPS) is 25.9. The number of hydrogen-bond donors (Lipinski definition) is 2. The summed E-state index contributed by atoms with van der Waals surface area (Å²) in [7, 11) is 0. The molecule has 0 saturated heterocycles. The Morgan fingerprint density at radius 1 is 1.25 bits per heavy atom. The van der Waals surface area contributed by atoms with Crippen LogP contribution in [0.5, 0.6) is 0 Å². The molecule has 2 amide bonds. The first-order valence-corrected chi connectivity index (χ1v) is 7.12. The quantitative estimate of drug-likeness (QED) is 0.814. The third-order valence-corrected chi connectivity index (χ3v) is 4.17. The SMILES string of the molecule is NC1CCCCC1C(=O)N1CC(=O)Nc2ccccc21. The Kier molecular flexibility index (Phi) is 3.44. The summed E-state index contributed by atoms with van der Waals surface area (Å²) in [5.41, 5.74) is 7.56. The Hall–Kier alpha value is -1.88. The molecule has 2 unspecified atom stereocenters. The number of carbonyl (C=O) groups is 2. The van der Waals surface area contributed by atoms with Gasteiger partial charge in [0.25, 0.3) is 0 Å². The van der Waals surface area contributed by atoms with Crippen LogP contribution in [-0.4, -0.2) is 24.4 Å². The summed E-state index contributed by atoms with van der Waals surface area (Å²) in [6.07, 6.45) is 3.83. The van der Waals surface area contributed by atoms with Gasteiger partial charge < -0.3 is 16.0 Å². The Morgan fingerprint density at radius 3 is 2.80 bits per heavy atom. The molecule has 1 aromatic carbocycles. The zero-order valence-electron chi connectivity index (χ0n) is 11.3. The zero-order chi connectivity index (χ0) is 14.1. The van der Waals surface area contributed by atoms with Crippen molar-refractivity contribution in [2.24, 2.45) is 11.7 Å². The van der Waals surface area contributed by atoms with Crippen molar-refractivity contribution in [1.82, 2.24) is 0 Å². The van der Waals surface area contributed by atoms with Gasteiger partial charge in [-0.05, 0) is 25.0 Å². The van der Waals surface area contributed by atoms with Crippen LogP contribution in [0.15, 0.2) is 24.3 Å². The van der Waals surface area contributed by atoms with E-state index in [9.17, 15) is 9.59 Å². The van der Waals surface area contributed by atoms with Gasteiger partial charge in [0.15, 0.2) is 0 Å². The topological polar surface area (TPSA) is 75.4 Å². The van der Waals surface area contributed by atoms with E-state index < -0.39 is 0 Å². The van der Waals surface area contributed by atoms with Crippen LogP contribution in [0.2, 0.25) is 0 Å². The highest BCUT2D eigenvalue weighted by Crippen LogP contribution is 2.32. The van der Waals surface area contributed by atoms with Gasteiger partial charge >= 0.3 is 0 Å². The van der Waals surface area contributed by atoms with Gasteiger partial charge in [0.1, 0.15) is 6.54 Å². The highest BCUT2D eigenvalue weighted by molar-refractivity contribution is 6.10. The highest BCUT2D eigenvalue weighted by Gasteiger charge is 2.35. The van der Waals surface area contributed by atoms with Gasteiger partial charge in [0, 0.05) is 6.04 Å². The molecule has 5 heteroatoms. The maximum atomic E-state index is 12.7. The van der Waals surface area contributed by atoms with Gasteiger partial charge in [0.05, 0.1) is 17.3 Å². The summed E-state index contributed by atoms with van der Waals surface area (Å²) in [4.78, 5) is 26.1. The van der Waals surface area contributed by atoms with Crippen LogP contribution < -0.4 is 16.0 Å². The van der Waals surface area contributed by atoms with E-state index in [1.54, 1.807) is 4.90 Å². The number of hydrogen-bond acceptors (Lipinski definition) is 3. The molecule has 0 aromatic heterocycles. The van der Waals surface area contributed by atoms with Gasteiger partial charge in [-0.3, -0.25) is 9.59 Å². The van der Waals surface area contributed by atoms with Crippen LogP contribution >= 0.6 is 0 Å². The van der Waals surface area contributed by atoms with Crippen molar-refractivity contribution in [1.29, 1.82) is 0 Å². The number of amides is 2. The minimum atomic E-state index is -0.164. The molecular formula is C15H19N3O2. The molecular weight excluding hydrogens is 254 g/mol. The van der Waals surface area contributed by atoms with Crippen molar-refractivity contribution in [2.45, 2.75) is 31.7 Å². The molecule has 20 heavy (non-hydrogen) atoms. The van der Waals surface area contributed by atoms with Gasteiger partial charge in [0.2, 0.25) is 11.8 Å². The van der Waals surface area contributed by atoms with Crippen molar-refractivity contribution < 1.29 is 9.59 Å². The molecule has 0 bridgehead atoms. The average molecular weight is 273 g/mol. The molecule has 1 aromatic rings. The summed E-state index contributed by atoms with van der Waals surface area (Å²) in [6.45, 7) is 0.0824. The van der Waals surface area contributed by atoms with Crippen molar-refractivity contribution in [2.75, 3.05) is 16.8 Å². The molecule has 1 saturated carbocycles. The van der Waals surface area contributed by atoms with Gasteiger partial charge in [-0.25, -0.2) is 0 Å². The maximum Gasteiger partial charge on any atom is 0.244 e. The van der Waals surface area contributed by atoms with E-state index in [0.29, 0.717) is 5.69 Å². The van der Waals surface area contributed by atoms with E-state index >= 15 is 0 Å². The van der Waals surface area contributed by atoms with Crippen LogP contribution in [0.25, 0.3) is 0 Å². The van der Waals surface area contributed by atoms with Crippen molar-refractivity contribution in [3.05, 3.63) is 24.3 Å². The molecule has 1 heterocycles. The smallest absolute Gasteiger partial charge is 0.244 e. The second-order valence-corrected chi connectivity index (χ2v) is 5.54. The van der Waals surface area contributed by atoms with E-state index in [0.717, 1.165) is 31.4 Å². The second kappa shape index (κ2) is 5.25. The fraction of sp³-hybridized carbons (Fsp3) is 0.467. The minimum Gasteiger partial charge on any atom is -0.327 e. The van der Waals surface area contributed by atoms with Crippen LogP contribution in [0, 0.1) is 5.92 Å². The number of nitrogens with one attached hydrogen (secondary N) is 1. The number of nitrogens with two attached hydrogens (primary N) is 1. The molecule has 2 aliphatic rings. The van der Waals surface area contributed by atoms with Gasteiger partial charge in [-0.15, -0.1) is 0 Å². The lowest BCUT2D eigenvalue weighted by atomic mass is 9.84. The predicted molar refractivity (Wildman–Crippen MR) is 77.4 cm³/mol. The molecule has 3 N–H and O–H groups in total. The first-order chi connectivity index (χ1) is 9.66. The molecule has 2 atom stereocenters. The lowest BCUT2D eigenvalue weighted by molar-refractivity contribution is -0.125. The van der Waals surface area contributed by atoms with Crippen molar-refractivity contribution >= 4 is 23.2 Å². The molecule has 0 spiro atoms. The fourth-order valence-electron chi connectivity index (χ4n) is 3.10. The van der Waals surface area contributed by atoms with E-state index in [2.05, 4.69) is 5.32 Å². The summed E-state index contributed by atoms with van der Waals surface area (Å²) < 4.78 is 0. The molecule has 106 valence electrons. The monoisotopic (exact) mass is 273 g/mol. The van der Waals surface area contributed by atoms with Gasteiger partial charge in [-0.1, -0.05) is 25.0 Å². The standard InChI is InChI=1S/C15H19N3O2/c16-11-6-2-1-5-10(11)15(20)18-9-14(19)17-12-7-3-4-8-13(12)18/h3-4,7-8,10-11H,1-2,5-6,9,16H2,(H,17,19). The number of rotatable bonds is 1. The number of fused-ring (bicyclic) bond motifs is 1. The zero-order valence-corrected chi connectivity index (χ0v) is 11.3. The Morgan fingerprint density at radius 2 is 2.00 bits per heavy atom. The molecule has 1 aliphatic carbocycles. The summed E-state index contributed by atoms with van der Waals surface area (Å²) in [5, 5.41) is 2.79. The van der Waals surface area contributed by atoms with Crippen LogP contribution in [0.1, 0.15) is 25.7 Å². The first-order valence-electron chi connectivity index (χ1n) is 7.12. The summed E-state index contributed by atoms with van der Waals surface area (Å²) >= 11 is 0. The fourth-order valence-corrected chi connectivity index (χ4v) is 3.10. The predicted octanol–water partition coefficient (Wildman–Crippen LogP) is 1.49. The van der Waals surface area contributed by atoms with E-state index in [-0.39, 0.29) is 30.3 Å². The van der Waals surface area contributed by atoms with Crippen LogP contribution in [-0.2, 0) is 9.59 Å². The third kappa shape index (κ3) is 2.29. The molecule has 5 nitrogen and oxygen atoms in total. The lowest BCUT2D eigenvalue weighted by Gasteiger charge is -2.35. The first kappa shape index (κ1) is 13.1. The summed E-state index contributed by atoms with van der Waals surface area (Å²) in [6, 6.07) is 7.30. The van der Waals surface area contributed by atoms with Crippen LogP contribution in [0.3, 0.4) is 0 Å². The van der Waals surface area contributed by atoms with Crippen LogP contribution in [0.4, 0.5) is 11.4 Å². The Bertz CT molecular complexity index is 544. The number of benzene rings is 1. The number of anilines is 2. The maximum absolute atomic E-state index is 12.7. The average Bonchev–Trinajstić information content (AvgIpc) is 2.46. The second-order valence-electron chi connectivity index (χ2n) is 5.54. The largest absolute Gasteiger partial charge is 0.327 e. The molecule has 1 aliphatic heterocycles. The molecule has 1 fully saturated rings. The van der Waals surface area contributed by atoms with E-state index in [1.165, 1.54) is 0 Å². The van der Waals surface area contributed by atoms with E-state index in [1.807, 2.05) is 24.3 Å². The number of carbonyl (C=O) groups excluding carboxylic acids is 2. The highest BCUT2D eigenvalue weighted by atomic mass is 16.2. The molecule has 0 radical (unpaired) electrons. The molecule has 3 rings (SSSR count). The Labute approximate surface area is 118 Å². The number of para-hydroxylation sites is 2. The van der Waals surface area contributed by atoms with E-state index in [4.69, 9.17) is 5.73 Å². The number of nitrogens with zero attached hydrogens (tertiary/aromatic N) is 1. The Balaban J connectivity index is 1.89. The lowest BCUT2D eigenvalue weighted by Crippen LogP contribution is -2.50. The third-order valence-electron chi connectivity index (χ3n) is 4.17. The van der Waals surface area contributed by atoms with Gasteiger partial charge in [-0.2, -0.15) is 0 Å². The minimum absolute atomic E-state index is 0.0144. The summed E-state index contributed by atoms with van der Waals surface area (Å²) in [5.74, 6) is -0.330. The van der Waals surface area contributed by atoms with Crippen molar-refractivity contribution in [3.8, 4) is 0 Å².